The molecule has 0 aliphatic carbocycles. The van der Waals surface area contributed by atoms with Crippen LogP contribution in [0, 0.1) is 0 Å². The maximum atomic E-state index is 6.22. The third-order valence-electron chi connectivity index (χ3n) is 4.95. The number of nitrogens with two attached hydrogens (primary N) is 2. The van der Waals surface area contributed by atoms with Crippen molar-refractivity contribution in [1.82, 2.24) is 0 Å². The van der Waals surface area contributed by atoms with E-state index >= 15 is 0 Å². The summed E-state index contributed by atoms with van der Waals surface area (Å²) in [4.78, 5) is 0. The normalized spacial score (nSPS) is 14.2. The molecule has 2 aromatic rings. The molecular weight excluding hydrogens is 345 g/mol. The van der Waals surface area contributed by atoms with Gasteiger partial charge in [0.15, 0.2) is 6.49 Å². The highest BCUT2D eigenvalue weighted by atomic mass is 32.4. The van der Waals surface area contributed by atoms with E-state index in [0.717, 1.165) is 24.2 Å². The Bertz CT molecular complexity index is 668. The fourth-order valence-corrected chi connectivity index (χ4v) is 4.42. The van der Waals surface area contributed by atoms with E-state index < -0.39 is 6.49 Å². The van der Waals surface area contributed by atoms with Crippen molar-refractivity contribution in [2.45, 2.75) is 52.4 Å². The first-order valence-corrected chi connectivity index (χ1v) is 11.8. The van der Waals surface area contributed by atoms with Gasteiger partial charge in [-0.1, -0.05) is 52.0 Å². The van der Waals surface area contributed by atoms with Gasteiger partial charge in [-0.3, -0.25) is 15.7 Å². The van der Waals surface area contributed by atoms with Crippen LogP contribution in [-0.4, -0.2) is 0 Å². The lowest BCUT2D eigenvalue weighted by Gasteiger charge is -2.31. The minimum absolute atomic E-state index is 0.538. The van der Waals surface area contributed by atoms with Crippen molar-refractivity contribution in [3.05, 3.63) is 59.7 Å². The van der Waals surface area contributed by atoms with Gasteiger partial charge in [0.25, 0.3) is 0 Å². The second-order valence-corrected chi connectivity index (χ2v) is 10.3. The maximum Gasteiger partial charge on any atom is 0.163 e. The summed E-state index contributed by atoms with van der Waals surface area (Å²) < 4.78 is 1.92. The van der Waals surface area contributed by atoms with Gasteiger partial charge < -0.3 is 0 Å². The highest BCUT2D eigenvalue weighted by Crippen LogP contribution is 2.45. The van der Waals surface area contributed by atoms with Gasteiger partial charge >= 0.3 is 0 Å². The minimum atomic E-state index is -2.64. The average molecular weight is 376 g/mol. The number of rotatable bonds is 7. The zero-order valence-electron chi connectivity index (χ0n) is 15.6. The lowest BCUT2D eigenvalue weighted by atomic mass is 9.98. The molecule has 0 fully saturated rings. The molecule has 0 radical (unpaired) electrons. The summed E-state index contributed by atoms with van der Waals surface area (Å²) in [5.41, 5.74) is 17.0. The molecule has 0 saturated carbocycles. The summed E-state index contributed by atoms with van der Waals surface area (Å²) in [5.74, 6) is 1.08. The second kappa shape index (κ2) is 8.46. The second-order valence-electron chi connectivity index (χ2n) is 6.79. The van der Waals surface area contributed by atoms with Gasteiger partial charge in [-0.05, 0) is 71.9 Å². The Morgan fingerprint density at radius 3 is 1.36 bits per heavy atom. The summed E-state index contributed by atoms with van der Waals surface area (Å²) in [6, 6.07) is 16.9. The molecule has 0 aliphatic heterocycles. The smallest absolute Gasteiger partial charge is 0.163 e. The van der Waals surface area contributed by atoms with Crippen molar-refractivity contribution in [1.29, 1.82) is 0 Å². The maximum absolute atomic E-state index is 6.22. The van der Waals surface area contributed by atoms with E-state index in [1.807, 2.05) is 4.67 Å². The molecule has 0 aromatic heterocycles. The fourth-order valence-electron chi connectivity index (χ4n) is 2.87. The molecule has 136 valence electrons. The van der Waals surface area contributed by atoms with Crippen LogP contribution in [0.25, 0.3) is 0 Å². The van der Waals surface area contributed by atoms with Crippen molar-refractivity contribution >= 4 is 29.7 Å². The lowest BCUT2D eigenvalue weighted by Crippen LogP contribution is -2.24. The number of hydrogen-bond acceptors (Lipinski definition) is 1. The first-order valence-electron chi connectivity index (χ1n) is 8.95. The number of benzene rings is 2. The van der Waals surface area contributed by atoms with Crippen molar-refractivity contribution in [3.8, 4) is 0 Å². The Balaban J connectivity index is 2.39. The van der Waals surface area contributed by atoms with Crippen molar-refractivity contribution in [2.75, 3.05) is 4.67 Å². The summed E-state index contributed by atoms with van der Waals surface area (Å²) in [5, 5.41) is 0. The summed E-state index contributed by atoms with van der Waals surface area (Å²) in [6.45, 7) is 6.22. The van der Waals surface area contributed by atoms with Crippen LogP contribution in [0.15, 0.2) is 48.5 Å². The van der Waals surface area contributed by atoms with E-state index in [0.29, 0.717) is 11.8 Å². The molecule has 0 heterocycles. The molecule has 2 atom stereocenters. The minimum Gasteiger partial charge on any atom is -0.290 e. The van der Waals surface area contributed by atoms with Crippen LogP contribution >= 0.6 is 6.49 Å². The molecule has 0 bridgehead atoms. The predicted molar refractivity (Wildman–Crippen MR) is 115 cm³/mol. The van der Waals surface area contributed by atoms with Gasteiger partial charge in [0.2, 0.25) is 0 Å². The first-order chi connectivity index (χ1) is 11.8. The van der Waals surface area contributed by atoms with Crippen LogP contribution in [0.4, 0.5) is 11.4 Å². The van der Waals surface area contributed by atoms with Crippen LogP contribution < -0.4 is 15.7 Å². The molecule has 0 aliphatic rings. The molecule has 3 nitrogen and oxygen atoms in total. The zero-order chi connectivity index (χ0) is 18.6. The van der Waals surface area contributed by atoms with Crippen LogP contribution in [0.1, 0.15) is 63.5 Å². The van der Waals surface area contributed by atoms with Gasteiger partial charge in [-0.25, -0.2) is 0 Å². The molecule has 0 saturated heterocycles. The molecule has 5 heteroatoms. The summed E-state index contributed by atoms with van der Waals surface area (Å²) >= 11 is 5.48. The molecule has 4 N–H and O–H groups in total. The number of hydrogen-bond donors (Lipinski definition) is 2. The van der Waals surface area contributed by atoms with E-state index in [2.05, 4.69) is 76.2 Å². The predicted octanol–water partition coefficient (Wildman–Crippen LogP) is 5.99. The van der Waals surface area contributed by atoms with Gasteiger partial charge in [0, 0.05) is 11.4 Å². The molecule has 2 rings (SSSR count). The van der Waals surface area contributed by atoms with Gasteiger partial charge in [-0.15, -0.1) is 0 Å². The van der Waals surface area contributed by atoms with Crippen LogP contribution in [0.3, 0.4) is 0 Å². The standard InChI is InChI=1S/C20H30N3PS/c1-5-15(3)17-7-11-19(12-8-17)23(24(21,22)25)20-13-9-18(10-14-20)16(4)6-2/h7-16H,5-6H2,1-4H3,(H4,21,22,25). The van der Waals surface area contributed by atoms with E-state index in [1.54, 1.807) is 0 Å². The zero-order valence-corrected chi connectivity index (χ0v) is 17.4. The van der Waals surface area contributed by atoms with Crippen LogP contribution in [0.5, 0.6) is 0 Å². The van der Waals surface area contributed by atoms with Gasteiger partial charge in [0.1, 0.15) is 0 Å². The van der Waals surface area contributed by atoms with Crippen molar-refractivity contribution < 1.29 is 0 Å². The topological polar surface area (TPSA) is 55.3 Å². The van der Waals surface area contributed by atoms with E-state index in [4.69, 9.17) is 22.8 Å². The average Bonchev–Trinajstić information content (AvgIpc) is 2.60. The molecule has 2 aromatic carbocycles. The fraction of sp³-hybridized carbons (Fsp3) is 0.400. The van der Waals surface area contributed by atoms with Crippen LogP contribution in [-0.2, 0) is 11.8 Å². The third-order valence-corrected chi connectivity index (χ3v) is 6.53. The van der Waals surface area contributed by atoms with E-state index in [-0.39, 0.29) is 0 Å². The Hall–Kier alpha value is -1.19. The summed E-state index contributed by atoms with van der Waals surface area (Å²) in [7, 11) is 0. The first kappa shape index (κ1) is 20.1. The Morgan fingerprint density at radius 1 is 0.800 bits per heavy atom. The van der Waals surface area contributed by atoms with Gasteiger partial charge in [-0.2, -0.15) is 0 Å². The summed E-state index contributed by atoms with van der Waals surface area (Å²) in [6.07, 6.45) is 2.23. The van der Waals surface area contributed by atoms with Gasteiger partial charge in [0.05, 0.1) is 0 Å². The molecule has 0 spiro atoms. The third kappa shape index (κ3) is 4.92. The highest BCUT2D eigenvalue weighted by molar-refractivity contribution is 8.13. The molecule has 2 unspecified atom stereocenters. The van der Waals surface area contributed by atoms with Crippen molar-refractivity contribution in [3.63, 3.8) is 0 Å². The SMILES string of the molecule is CCC(C)c1ccc(N(c2ccc(C(C)CC)cc2)P(N)(N)=S)cc1. The molecular formula is C20H30N3PS. The largest absolute Gasteiger partial charge is 0.290 e. The lowest BCUT2D eigenvalue weighted by molar-refractivity contribution is 0.733. The van der Waals surface area contributed by atoms with Crippen LogP contribution in [0.2, 0.25) is 0 Å². The number of nitrogens with zero attached hydrogens (tertiary/aromatic N) is 1. The Kier molecular flexibility index (Phi) is 6.81. The number of anilines is 2. The Morgan fingerprint density at radius 2 is 1.12 bits per heavy atom. The quantitative estimate of drug-likeness (QED) is 0.583. The molecule has 0 amide bonds. The highest BCUT2D eigenvalue weighted by Gasteiger charge is 2.20. The molecule has 25 heavy (non-hydrogen) atoms. The van der Waals surface area contributed by atoms with E-state index in [9.17, 15) is 0 Å². The Labute approximate surface area is 157 Å². The monoisotopic (exact) mass is 375 g/mol. The van der Waals surface area contributed by atoms with Crippen molar-refractivity contribution in [2.24, 2.45) is 11.0 Å². The van der Waals surface area contributed by atoms with E-state index in [1.165, 1.54) is 11.1 Å².